The van der Waals surface area contributed by atoms with E-state index in [1.54, 1.807) is 0 Å². The highest BCUT2D eigenvalue weighted by molar-refractivity contribution is 6.74. The van der Waals surface area contributed by atoms with Crippen molar-refractivity contribution in [3.8, 4) is 0 Å². The molecule has 1 spiro atoms. The third kappa shape index (κ3) is 4.95. The van der Waals surface area contributed by atoms with Gasteiger partial charge in [-0.25, -0.2) is 5.06 Å². The van der Waals surface area contributed by atoms with Gasteiger partial charge in [-0.15, -0.1) is 0 Å². The molecule has 1 saturated carbocycles. The Labute approximate surface area is 204 Å². The van der Waals surface area contributed by atoms with Crippen molar-refractivity contribution in [2.45, 2.75) is 102 Å². The van der Waals surface area contributed by atoms with Gasteiger partial charge in [-0.3, -0.25) is 14.4 Å². The summed E-state index contributed by atoms with van der Waals surface area (Å²) >= 11 is 0. The zero-order chi connectivity index (χ0) is 25.7. The molecule has 190 valence electrons. The highest BCUT2D eigenvalue weighted by atomic mass is 28.4. The van der Waals surface area contributed by atoms with Crippen molar-refractivity contribution in [2.24, 2.45) is 0 Å². The van der Waals surface area contributed by atoms with Crippen LogP contribution in [0.1, 0.15) is 32.8 Å². The second-order valence-corrected chi connectivity index (χ2v) is 21.1. The highest BCUT2D eigenvalue weighted by Gasteiger charge is 2.71. The molecule has 0 bridgehead atoms. The average molecular weight is 510 g/mol. The summed E-state index contributed by atoms with van der Waals surface area (Å²) < 4.78 is 13.1. The van der Waals surface area contributed by atoms with E-state index in [0.717, 1.165) is 10.6 Å². The first-order valence-electron chi connectivity index (χ1n) is 11.8. The van der Waals surface area contributed by atoms with E-state index < -0.39 is 52.4 Å². The quantitative estimate of drug-likeness (QED) is 0.430. The topological polar surface area (TPSA) is 106 Å². The maximum absolute atomic E-state index is 13.5. The van der Waals surface area contributed by atoms with Crippen molar-refractivity contribution in [3.63, 3.8) is 0 Å². The molecule has 1 amide bonds. The third-order valence-corrected chi connectivity index (χ3v) is 12.5. The van der Waals surface area contributed by atoms with Crippen LogP contribution in [0.5, 0.6) is 0 Å². The van der Waals surface area contributed by atoms with E-state index in [1.807, 2.05) is 63.1 Å². The number of nitrogens with zero attached hydrogens (tertiary/aromatic N) is 1. The summed E-state index contributed by atoms with van der Waals surface area (Å²) in [5, 5.41) is 22.7. The van der Waals surface area contributed by atoms with Gasteiger partial charge in [0.25, 0.3) is 0 Å². The molecular formula is C24H39NO7Si2. The van der Waals surface area contributed by atoms with E-state index in [0.29, 0.717) is 0 Å². The van der Waals surface area contributed by atoms with E-state index in [9.17, 15) is 19.8 Å². The summed E-state index contributed by atoms with van der Waals surface area (Å²) in [5.41, 5.74) is -0.726. The molecule has 0 radical (unpaired) electrons. The molecule has 1 saturated heterocycles. The van der Waals surface area contributed by atoms with Crippen LogP contribution in [-0.4, -0.2) is 73.6 Å². The van der Waals surface area contributed by atoms with Gasteiger partial charge >= 0.3 is 0 Å². The number of benzene rings is 1. The van der Waals surface area contributed by atoms with Crippen LogP contribution in [0.25, 0.3) is 0 Å². The van der Waals surface area contributed by atoms with E-state index in [1.165, 1.54) is 0 Å². The summed E-state index contributed by atoms with van der Waals surface area (Å²) in [7, 11) is -4.76. The van der Waals surface area contributed by atoms with Crippen molar-refractivity contribution < 1.29 is 33.5 Å². The molecule has 2 fully saturated rings. The molecule has 8 nitrogen and oxygen atoms in total. The normalized spacial score (nSPS) is 30.6. The second-order valence-electron chi connectivity index (χ2n) is 11.8. The van der Waals surface area contributed by atoms with E-state index in [4.69, 9.17) is 13.7 Å². The molecule has 1 aliphatic carbocycles. The summed E-state index contributed by atoms with van der Waals surface area (Å²) in [6, 6.07) is 9.31. The Morgan fingerprint density at radius 1 is 1.03 bits per heavy atom. The Morgan fingerprint density at radius 3 is 2.12 bits per heavy atom. The zero-order valence-corrected chi connectivity index (χ0v) is 23.5. The standard InChI is InChI=1S/C24H39NO7Si2/c1-23(2,3)34(7,8)31-20-18(27)19(28)21(29)24(22(20)32-33(4,5)6)14-17(26)25(24)30-15-16-12-10-9-11-13-16/h9-13,18-20,22,27-28H,14-15H2,1-8H3/t18?,19-,20-,22-,24-/m1/s1. The number of aliphatic hydroxyl groups is 2. The number of β-lactam (4-membered cyclic amide) rings is 1. The molecule has 1 heterocycles. The SMILES string of the molecule is CC(C)(C)[Si](C)(C)O[C@@H]1C(O)[C@@H](O)C(=O)[C@]2(CC(=O)N2OCc2ccccc2)[C@@H]1O[Si](C)(C)C. The maximum atomic E-state index is 13.5. The first-order chi connectivity index (χ1) is 15.5. The average Bonchev–Trinajstić information content (AvgIpc) is 2.71. The van der Waals surface area contributed by atoms with Gasteiger partial charge in [0.15, 0.2) is 28.0 Å². The minimum absolute atomic E-state index is 0.0771. The second kappa shape index (κ2) is 9.23. The minimum Gasteiger partial charge on any atom is -0.409 e. The van der Waals surface area contributed by atoms with Crippen LogP contribution in [0.4, 0.5) is 0 Å². The molecule has 5 atom stereocenters. The number of hydrogen-bond donors (Lipinski definition) is 2. The van der Waals surface area contributed by atoms with Crippen molar-refractivity contribution in [3.05, 3.63) is 35.9 Å². The predicted octanol–water partition coefficient (Wildman–Crippen LogP) is 3.00. The van der Waals surface area contributed by atoms with Crippen LogP contribution in [-0.2, 0) is 29.9 Å². The van der Waals surface area contributed by atoms with Crippen molar-refractivity contribution in [2.75, 3.05) is 0 Å². The number of carbonyl (C=O) groups excluding carboxylic acids is 2. The maximum Gasteiger partial charge on any atom is 0.250 e. The predicted molar refractivity (Wildman–Crippen MR) is 133 cm³/mol. The molecule has 3 rings (SSSR count). The van der Waals surface area contributed by atoms with Gasteiger partial charge in [0.1, 0.15) is 31.0 Å². The molecule has 0 aromatic heterocycles. The first kappa shape index (κ1) is 27.2. The van der Waals surface area contributed by atoms with Gasteiger partial charge in [-0.05, 0) is 43.3 Å². The third-order valence-electron chi connectivity index (χ3n) is 7.05. The fourth-order valence-corrected chi connectivity index (χ4v) is 6.57. The lowest BCUT2D eigenvalue weighted by Gasteiger charge is -2.60. The number of ketones is 1. The fraction of sp³-hybridized carbons (Fsp3) is 0.667. The van der Waals surface area contributed by atoms with Gasteiger partial charge in [-0.2, -0.15) is 0 Å². The Morgan fingerprint density at radius 2 is 1.62 bits per heavy atom. The summed E-state index contributed by atoms with van der Waals surface area (Å²) in [6.45, 7) is 16.3. The minimum atomic E-state index is -2.46. The van der Waals surface area contributed by atoms with Crippen LogP contribution in [0.2, 0.25) is 37.8 Å². The number of rotatable bonds is 7. The Hall–Kier alpha value is -1.41. The van der Waals surface area contributed by atoms with E-state index in [2.05, 4.69) is 20.8 Å². The monoisotopic (exact) mass is 509 g/mol. The lowest BCUT2D eigenvalue weighted by Crippen LogP contribution is -2.83. The van der Waals surface area contributed by atoms with Crippen molar-refractivity contribution in [1.29, 1.82) is 0 Å². The van der Waals surface area contributed by atoms with E-state index >= 15 is 0 Å². The first-order valence-corrected chi connectivity index (χ1v) is 18.1. The van der Waals surface area contributed by atoms with Crippen LogP contribution < -0.4 is 0 Å². The fourth-order valence-electron chi connectivity index (χ4n) is 4.19. The number of carbonyl (C=O) groups is 2. The van der Waals surface area contributed by atoms with Gasteiger partial charge < -0.3 is 19.1 Å². The molecule has 2 aliphatic rings. The summed E-state index contributed by atoms with van der Waals surface area (Å²) in [6.07, 6.45) is -5.31. The van der Waals surface area contributed by atoms with Gasteiger partial charge in [-0.1, -0.05) is 51.1 Å². The zero-order valence-electron chi connectivity index (χ0n) is 21.5. The van der Waals surface area contributed by atoms with Gasteiger partial charge in [0.05, 0.1) is 6.42 Å². The van der Waals surface area contributed by atoms with Crippen molar-refractivity contribution in [1.82, 2.24) is 5.06 Å². The number of hydroxylamine groups is 2. The summed E-state index contributed by atoms with van der Waals surface area (Å²) in [5.74, 6) is -1.05. The highest BCUT2D eigenvalue weighted by Crippen LogP contribution is 2.48. The molecular weight excluding hydrogens is 470 g/mol. The summed E-state index contributed by atoms with van der Waals surface area (Å²) in [4.78, 5) is 32.1. The van der Waals surface area contributed by atoms with Gasteiger partial charge in [0.2, 0.25) is 5.91 Å². The molecule has 34 heavy (non-hydrogen) atoms. The van der Waals surface area contributed by atoms with E-state index in [-0.39, 0.29) is 24.0 Å². The molecule has 2 N–H and O–H groups in total. The van der Waals surface area contributed by atoms with Crippen molar-refractivity contribution >= 4 is 28.3 Å². The number of Topliss-reactive ketones (excluding diaryl/α,β-unsaturated/α-hetero) is 1. The lowest BCUT2D eigenvalue weighted by molar-refractivity contribution is -0.292. The Bertz CT molecular complexity index is 912. The molecule has 1 aliphatic heterocycles. The van der Waals surface area contributed by atoms with Crippen LogP contribution in [0.15, 0.2) is 30.3 Å². The smallest absolute Gasteiger partial charge is 0.250 e. The number of aliphatic hydroxyl groups excluding tert-OH is 2. The van der Waals surface area contributed by atoms with Crippen LogP contribution in [0, 0.1) is 0 Å². The molecule has 10 heteroatoms. The molecule has 1 aromatic carbocycles. The number of hydrogen-bond acceptors (Lipinski definition) is 7. The lowest BCUT2D eigenvalue weighted by atomic mass is 9.67. The Kier molecular flexibility index (Phi) is 7.38. The van der Waals surface area contributed by atoms with Crippen LogP contribution >= 0.6 is 0 Å². The van der Waals surface area contributed by atoms with Crippen LogP contribution in [0.3, 0.4) is 0 Å². The van der Waals surface area contributed by atoms with Gasteiger partial charge in [0, 0.05) is 0 Å². The largest absolute Gasteiger partial charge is 0.409 e. The number of amides is 1. The Balaban J connectivity index is 2.03. The molecule has 1 aromatic rings. The molecule has 1 unspecified atom stereocenters.